The number of methoxy groups -OCH3 is 1. The summed E-state index contributed by atoms with van der Waals surface area (Å²) >= 11 is 1.35. The van der Waals surface area contributed by atoms with Gasteiger partial charge in [0.1, 0.15) is 12.7 Å². The lowest BCUT2D eigenvalue weighted by molar-refractivity contribution is 0.400. The Morgan fingerprint density at radius 2 is 2.22 bits per heavy atom. The van der Waals surface area contributed by atoms with Gasteiger partial charge in [-0.15, -0.1) is 0 Å². The molecule has 0 radical (unpaired) electrons. The van der Waals surface area contributed by atoms with E-state index < -0.39 is 0 Å². The fraction of sp³-hybridized carbons (Fsp3) is 0.400. The first-order valence-corrected chi connectivity index (χ1v) is 6.33. The minimum absolute atomic E-state index is 0.618. The first-order valence-electron chi connectivity index (χ1n) is 5.51. The van der Waals surface area contributed by atoms with Crippen molar-refractivity contribution in [3.05, 3.63) is 12.7 Å². The molecule has 0 saturated carbocycles. The number of H-pyrrole nitrogens is 1. The van der Waals surface area contributed by atoms with Crippen molar-refractivity contribution >= 4 is 17.6 Å². The maximum Gasteiger partial charge on any atom is 0.194 e. The monoisotopic (exact) mass is 266 g/mol. The number of hydrogen-bond donors (Lipinski definition) is 2. The van der Waals surface area contributed by atoms with Crippen molar-refractivity contribution in [2.75, 3.05) is 19.0 Å². The van der Waals surface area contributed by atoms with Gasteiger partial charge in [0, 0.05) is 6.54 Å². The van der Waals surface area contributed by atoms with E-state index in [0.717, 1.165) is 13.0 Å². The minimum Gasteiger partial charge on any atom is -0.490 e. The molecule has 18 heavy (non-hydrogen) atoms. The molecule has 0 saturated heterocycles. The smallest absolute Gasteiger partial charge is 0.194 e. The lowest BCUT2D eigenvalue weighted by Crippen LogP contribution is -2.05. The normalized spacial score (nSPS) is 10.3. The van der Waals surface area contributed by atoms with Gasteiger partial charge in [-0.1, -0.05) is 6.92 Å². The van der Waals surface area contributed by atoms with Crippen LogP contribution in [0.2, 0.25) is 0 Å². The van der Waals surface area contributed by atoms with Crippen LogP contribution in [0.1, 0.15) is 13.3 Å². The van der Waals surface area contributed by atoms with Gasteiger partial charge in [0.2, 0.25) is 0 Å². The maximum atomic E-state index is 5.35. The highest BCUT2D eigenvalue weighted by atomic mass is 32.2. The van der Waals surface area contributed by atoms with E-state index in [9.17, 15) is 0 Å². The Morgan fingerprint density at radius 3 is 2.89 bits per heavy atom. The van der Waals surface area contributed by atoms with Crippen molar-refractivity contribution in [2.45, 2.75) is 23.5 Å². The Hall–Kier alpha value is -1.83. The molecule has 2 N–H and O–H groups in total. The molecule has 7 nitrogen and oxygen atoms in total. The number of nitrogens with one attached hydrogen (secondary N) is 2. The molecule has 0 aliphatic carbocycles. The summed E-state index contributed by atoms with van der Waals surface area (Å²) in [5.41, 5.74) is 0. The fourth-order valence-electron chi connectivity index (χ4n) is 1.32. The number of aromatic nitrogens is 5. The Labute approximate surface area is 109 Å². The van der Waals surface area contributed by atoms with E-state index in [4.69, 9.17) is 4.74 Å². The quantitative estimate of drug-likeness (QED) is 0.767. The molecule has 0 atom stereocenters. The summed E-state index contributed by atoms with van der Waals surface area (Å²) in [6.45, 7) is 2.92. The Balaban J connectivity index is 2.23. The van der Waals surface area contributed by atoms with Gasteiger partial charge in [0.05, 0.1) is 7.11 Å². The first kappa shape index (κ1) is 12.6. The van der Waals surface area contributed by atoms with Crippen LogP contribution in [0.25, 0.3) is 0 Å². The molecule has 0 aliphatic rings. The maximum absolute atomic E-state index is 5.35. The Kier molecular flexibility index (Phi) is 4.35. The summed E-state index contributed by atoms with van der Waals surface area (Å²) < 4.78 is 5.35. The summed E-state index contributed by atoms with van der Waals surface area (Å²) in [6, 6.07) is 0. The van der Waals surface area contributed by atoms with Crippen LogP contribution in [0.3, 0.4) is 0 Å². The summed E-state index contributed by atoms with van der Waals surface area (Å²) in [5.74, 6) is 1.31. The van der Waals surface area contributed by atoms with Crippen molar-refractivity contribution in [3.8, 4) is 5.75 Å². The van der Waals surface area contributed by atoms with Crippen molar-refractivity contribution in [2.24, 2.45) is 0 Å². The van der Waals surface area contributed by atoms with E-state index in [0.29, 0.717) is 21.7 Å². The van der Waals surface area contributed by atoms with Gasteiger partial charge in [0.25, 0.3) is 0 Å². The zero-order valence-corrected chi connectivity index (χ0v) is 11.0. The fourth-order valence-corrected chi connectivity index (χ4v) is 2.07. The predicted octanol–water partition coefficient (Wildman–Crippen LogP) is 1.58. The molecule has 8 heteroatoms. The average molecular weight is 266 g/mol. The number of nitrogens with zero attached hydrogens (tertiary/aromatic N) is 4. The van der Waals surface area contributed by atoms with Gasteiger partial charge >= 0.3 is 0 Å². The number of ether oxygens (including phenoxy) is 1. The van der Waals surface area contributed by atoms with Gasteiger partial charge < -0.3 is 10.1 Å². The molecule has 0 fully saturated rings. The first-order chi connectivity index (χ1) is 8.85. The third kappa shape index (κ3) is 2.89. The third-order valence-electron chi connectivity index (χ3n) is 2.10. The van der Waals surface area contributed by atoms with Crippen LogP contribution >= 0.6 is 11.8 Å². The molecule has 0 bridgehead atoms. The predicted molar refractivity (Wildman–Crippen MR) is 67.9 cm³/mol. The molecular formula is C10H14N6OS. The highest BCUT2D eigenvalue weighted by Crippen LogP contribution is 2.34. The molecule has 0 amide bonds. The molecule has 2 aromatic heterocycles. The van der Waals surface area contributed by atoms with Gasteiger partial charge in [-0.2, -0.15) is 5.10 Å². The lowest BCUT2D eigenvalue weighted by atomic mass is 10.4. The summed E-state index contributed by atoms with van der Waals surface area (Å²) in [7, 11) is 1.60. The Bertz CT molecular complexity index is 489. The molecular weight excluding hydrogens is 252 g/mol. The summed E-state index contributed by atoms with van der Waals surface area (Å²) in [4.78, 5) is 12.4. The number of hydrogen-bond acceptors (Lipinski definition) is 7. The van der Waals surface area contributed by atoms with E-state index >= 15 is 0 Å². The summed E-state index contributed by atoms with van der Waals surface area (Å²) in [6.07, 6.45) is 3.96. The molecule has 2 rings (SSSR count). The largest absolute Gasteiger partial charge is 0.490 e. The lowest BCUT2D eigenvalue weighted by Gasteiger charge is -2.11. The SMILES string of the molecule is CCCNc1ncnc(Sc2ncn[nH]2)c1OC. The molecule has 0 spiro atoms. The van der Waals surface area contributed by atoms with Crippen LogP contribution in [0.5, 0.6) is 5.75 Å². The van der Waals surface area contributed by atoms with Crippen molar-refractivity contribution in [1.29, 1.82) is 0 Å². The highest BCUT2D eigenvalue weighted by molar-refractivity contribution is 7.99. The van der Waals surface area contributed by atoms with Crippen LogP contribution in [0.15, 0.2) is 22.8 Å². The zero-order valence-electron chi connectivity index (χ0n) is 10.2. The second kappa shape index (κ2) is 6.20. The molecule has 0 unspecified atom stereocenters. The van der Waals surface area contributed by atoms with Crippen LogP contribution in [-0.4, -0.2) is 38.8 Å². The van der Waals surface area contributed by atoms with Crippen molar-refractivity contribution in [1.82, 2.24) is 25.1 Å². The van der Waals surface area contributed by atoms with E-state index in [1.807, 2.05) is 0 Å². The van der Waals surface area contributed by atoms with Crippen LogP contribution in [0.4, 0.5) is 5.82 Å². The van der Waals surface area contributed by atoms with Gasteiger partial charge in [-0.25, -0.2) is 15.0 Å². The molecule has 0 aromatic carbocycles. The van der Waals surface area contributed by atoms with Crippen LogP contribution < -0.4 is 10.1 Å². The second-order valence-electron chi connectivity index (χ2n) is 3.38. The van der Waals surface area contributed by atoms with Crippen LogP contribution in [0, 0.1) is 0 Å². The number of aromatic amines is 1. The third-order valence-corrected chi connectivity index (χ3v) is 2.98. The number of rotatable bonds is 6. The van der Waals surface area contributed by atoms with Gasteiger partial charge in [-0.05, 0) is 18.2 Å². The zero-order chi connectivity index (χ0) is 12.8. The molecule has 2 heterocycles. The van der Waals surface area contributed by atoms with E-state index in [-0.39, 0.29) is 0 Å². The molecule has 96 valence electrons. The highest BCUT2D eigenvalue weighted by Gasteiger charge is 2.14. The van der Waals surface area contributed by atoms with Crippen molar-refractivity contribution in [3.63, 3.8) is 0 Å². The summed E-state index contributed by atoms with van der Waals surface area (Å²) in [5, 5.41) is 11.1. The van der Waals surface area contributed by atoms with E-state index in [1.165, 1.54) is 24.4 Å². The minimum atomic E-state index is 0.618. The van der Waals surface area contributed by atoms with Crippen LogP contribution in [-0.2, 0) is 0 Å². The van der Waals surface area contributed by atoms with Gasteiger partial charge in [-0.3, -0.25) is 5.10 Å². The standard InChI is InChI=1S/C10H14N6OS/c1-3-4-11-8-7(17-2)9(13-5-12-8)18-10-14-6-15-16-10/h5-6H,3-4H2,1-2H3,(H,11,12,13)(H,14,15,16). The van der Waals surface area contributed by atoms with Crippen molar-refractivity contribution < 1.29 is 4.74 Å². The number of anilines is 1. The van der Waals surface area contributed by atoms with E-state index in [2.05, 4.69) is 37.4 Å². The average Bonchev–Trinajstić information content (AvgIpc) is 2.89. The molecule has 0 aliphatic heterocycles. The second-order valence-corrected chi connectivity index (χ2v) is 4.36. The van der Waals surface area contributed by atoms with E-state index in [1.54, 1.807) is 7.11 Å². The molecule has 2 aromatic rings. The van der Waals surface area contributed by atoms with Gasteiger partial charge in [0.15, 0.2) is 21.7 Å². The topological polar surface area (TPSA) is 88.6 Å². The Morgan fingerprint density at radius 1 is 1.33 bits per heavy atom.